The molecular formula is C24H34O2. The number of ether oxygens (including phenoxy) is 1. The molecule has 1 aliphatic heterocycles. The highest BCUT2D eigenvalue weighted by Crippen LogP contribution is 2.69. The van der Waals surface area contributed by atoms with Gasteiger partial charge in [-0.25, -0.2) is 0 Å². The van der Waals surface area contributed by atoms with Crippen LogP contribution in [0.2, 0.25) is 0 Å². The summed E-state index contributed by atoms with van der Waals surface area (Å²) in [5, 5.41) is 0. The van der Waals surface area contributed by atoms with Gasteiger partial charge in [-0.1, -0.05) is 26.0 Å². The monoisotopic (exact) mass is 354 g/mol. The number of hydrogen-bond acceptors (Lipinski definition) is 2. The summed E-state index contributed by atoms with van der Waals surface area (Å²) in [6, 6.07) is 0. The number of hydrogen-bond donors (Lipinski definition) is 0. The Hall–Kier alpha value is -0.890. The van der Waals surface area contributed by atoms with Gasteiger partial charge >= 0.3 is 0 Å². The van der Waals surface area contributed by atoms with Crippen molar-refractivity contribution in [3.63, 3.8) is 0 Å². The van der Waals surface area contributed by atoms with E-state index < -0.39 is 0 Å². The van der Waals surface area contributed by atoms with Crippen molar-refractivity contribution >= 4 is 5.78 Å². The molecule has 142 valence electrons. The highest BCUT2D eigenvalue weighted by Gasteiger charge is 2.66. The van der Waals surface area contributed by atoms with Gasteiger partial charge in [0, 0.05) is 11.8 Å². The lowest BCUT2D eigenvalue weighted by atomic mass is 9.50. The quantitative estimate of drug-likeness (QED) is 0.571. The number of ketones is 1. The van der Waals surface area contributed by atoms with Crippen LogP contribution in [0.25, 0.3) is 0 Å². The first-order chi connectivity index (χ1) is 12.5. The molecule has 0 aromatic heterocycles. The Balaban J connectivity index is 1.45. The third-order valence-corrected chi connectivity index (χ3v) is 9.29. The Morgan fingerprint density at radius 1 is 1.15 bits per heavy atom. The second-order valence-electron chi connectivity index (χ2n) is 10.1. The maximum Gasteiger partial charge on any atom is 0.155 e. The van der Waals surface area contributed by atoms with Crippen LogP contribution >= 0.6 is 0 Å². The lowest BCUT2D eigenvalue weighted by Gasteiger charge is -2.56. The summed E-state index contributed by atoms with van der Waals surface area (Å²) in [6.07, 6.45) is 14.1. The van der Waals surface area contributed by atoms with Gasteiger partial charge in [0.1, 0.15) is 0 Å². The molecule has 0 bridgehead atoms. The van der Waals surface area contributed by atoms with Crippen molar-refractivity contribution in [2.24, 2.45) is 29.1 Å². The van der Waals surface area contributed by atoms with Crippen molar-refractivity contribution in [2.75, 3.05) is 0 Å². The first-order valence-corrected chi connectivity index (χ1v) is 11.1. The Morgan fingerprint density at radius 3 is 2.77 bits per heavy atom. The maximum atomic E-state index is 11.9. The number of rotatable bonds is 1. The zero-order valence-electron chi connectivity index (χ0n) is 16.6. The third kappa shape index (κ3) is 2.11. The van der Waals surface area contributed by atoms with E-state index in [4.69, 9.17) is 4.74 Å². The van der Waals surface area contributed by atoms with E-state index in [2.05, 4.69) is 20.4 Å². The van der Waals surface area contributed by atoms with Crippen molar-refractivity contribution in [3.05, 3.63) is 23.8 Å². The molecule has 0 unspecified atom stereocenters. The molecule has 5 rings (SSSR count). The smallest absolute Gasteiger partial charge is 0.155 e. The summed E-state index contributed by atoms with van der Waals surface area (Å²) >= 11 is 0. The molecule has 1 spiro atoms. The molecule has 0 N–H and O–H groups in total. The van der Waals surface area contributed by atoms with Gasteiger partial charge in [0.05, 0.1) is 11.7 Å². The van der Waals surface area contributed by atoms with Gasteiger partial charge in [-0.2, -0.15) is 0 Å². The van der Waals surface area contributed by atoms with Gasteiger partial charge in [-0.05, 0) is 93.1 Å². The van der Waals surface area contributed by atoms with E-state index in [1.54, 1.807) is 0 Å². The SMILES string of the molecule is C=C1C[C@H](CC)O[C@]12CC[C@H]1[C@@H]3CCC4=CC(=O)CC[C@@H]4[C@H]3CC[C@@]12C. The van der Waals surface area contributed by atoms with Gasteiger partial charge in [0.15, 0.2) is 5.78 Å². The average molecular weight is 355 g/mol. The van der Waals surface area contributed by atoms with Gasteiger partial charge in [-0.3, -0.25) is 4.79 Å². The van der Waals surface area contributed by atoms with E-state index in [0.29, 0.717) is 17.8 Å². The van der Waals surface area contributed by atoms with Crippen LogP contribution in [-0.4, -0.2) is 17.5 Å². The third-order valence-electron chi connectivity index (χ3n) is 9.29. The molecule has 5 aliphatic rings. The molecule has 2 heteroatoms. The van der Waals surface area contributed by atoms with Crippen molar-refractivity contribution in [3.8, 4) is 0 Å². The first kappa shape index (κ1) is 17.2. The van der Waals surface area contributed by atoms with Crippen molar-refractivity contribution in [1.29, 1.82) is 0 Å². The largest absolute Gasteiger partial charge is 0.367 e. The van der Waals surface area contributed by atoms with Crippen LogP contribution in [0.4, 0.5) is 0 Å². The van der Waals surface area contributed by atoms with E-state index in [-0.39, 0.29) is 11.0 Å². The topological polar surface area (TPSA) is 26.3 Å². The van der Waals surface area contributed by atoms with Crippen LogP contribution in [0.5, 0.6) is 0 Å². The normalized spacial score (nSPS) is 50.4. The summed E-state index contributed by atoms with van der Waals surface area (Å²) in [7, 11) is 0. The minimum atomic E-state index is -0.0397. The molecule has 1 saturated heterocycles. The lowest BCUT2D eigenvalue weighted by Crippen LogP contribution is -2.53. The highest BCUT2D eigenvalue weighted by atomic mass is 16.5. The predicted molar refractivity (Wildman–Crippen MR) is 104 cm³/mol. The fourth-order valence-corrected chi connectivity index (χ4v) is 8.03. The van der Waals surface area contributed by atoms with Crippen LogP contribution < -0.4 is 0 Å². The van der Waals surface area contributed by atoms with E-state index in [1.807, 2.05) is 6.08 Å². The van der Waals surface area contributed by atoms with Crippen LogP contribution in [0, 0.1) is 29.1 Å². The lowest BCUT2D eigenvalue weighted by molar-refractivity contribution is -0.133. The van der Waals surface area contributed by atoms with Crippen LogP contribution in [0.1, 0.15) is 78.1 Å². The van der Waals surface area contributed by atoms with E-state index in [0.717, 1.165) is 49.9 Å². The second-order valence-corrected chi connectivity index (χ2v) is 10.1. The van der Waals surface area contributed by atoms with Gasteiger partial charge < -0.3 is 4.74 Å². The summed E-state index contributed by atoms with van der Waals surface area (Å²) in [4.78, 5) is 11.9. The van der Waals surface area contributed by atoms with Gasteiger partial charge in [-0.15, -0.1) is 0 Å². The minimum absolute atomic E-state index is 0.0397. The van der Waals surface area contributed by atoms with Crippen molar-refractivity contribution in [1.82, 2.24) is 0 Å². The molecule has 4 fully saturated rings. The van der Waals surface area contributed by atoms with Crippen LogP contribution in [-0.2, 0) is 9.53 Å². The molecular weight excluding hydrogens is 320 g/mol. The summed E-state index contributed by atoms with van der Waals surface area (Å²) < 4.78 is 6.79. The summed E-state index contributed by atoms with van der Waals surface area (Å²) in [5.41, 5.74) is 3.13. The Morgan fingerprint density at radius 2 is 2.00 bits per heavy atom. The molecule has 2 nitrogen and oxygen atoms in total. The molecule has 7 atom stereocenters. The maximum absolute atomic E-state index is 11.9. The number of allylic oxidation sites excluding steroid dienone is 1. The Bertz CT molecular complexity index is 676. The van der Waals surface area contributed by atoms with Crippen molar-refractivity contribution < 1.29 is 9.53 Å². The fourth-order valence-electron chi connectivity index (χ4n) is 8.03. The Labute approximate surface area is 158 Å². The highest BCUT2D eigenvalue weighted by molar-refractivity contribution is 5.91. The zero-order valence-corrected chi connectivity index (χ0v) is 16.6. The van der Waals surface area contributed by atoms with Crippen LogP contribution in [0.15, 0.2) is 23.8 Å². The predicted octanol–water partition coefficient (Wildman–Crippen LogP) is 5.62. The van der Waals surface area contributed by atoms with Gasteiger partial charge in [0.25, 0.3) is 0 Å². The molecule has 0 amide bonds. The molecule has 26 heavy (non-hydrogen) atoms. The molecule has 1 heterocycles. The molecule has 0 radical (unpaired) electrons. The molecule has 3 saturated carbocycles. The number of fused-ring (bicyclic) bond motifs is 6. The average Bonchev–Trinajstić information content (AvgIpc) is 3.13. The fraction of sp³-hybridized carbons (Fsp3) is 0.792. The molecule has 0 aromatic carbocycles. The van der Waals surface area contributed by atoms with E-state index in [1.165, 1.54) is 43.3 Å². The summed E-state index contributed by atoms with van der Waals surface area (Å²) in [6.45, 7) is 9.32. The molecule has 4 aliphatic carbocycles. The number of carbonyl (C=O) groups excluding carboxylic acids is 1. The van der Waals surface area contributed by atoms with E-state index >= 15 is 0 Å². The van der Waals surface area contributed by atoms with E-state index in [9.17, 15) is 4.79 Å². The van der Waals surface area contributed by atoms with Gasteiger partial charge in [0.2, 0.25) is 0 Å². The van der Waals surface area contributed by atoms with Crippen molar-refractivity contribution in [2.45, 2.75) is 89.8 Å². The van der Waals surface area contributed by atoms with Crippen LogP contribution in [0.3, 0.4) is 0 Å². The minimum Gasteiger partial charge on any atom is -0.367 e. The zero-order chi connectivity index (χ0) is 18.1. The second kappa shape index (κ2) is 5.80. The molecule has 0 aromatic rings. The standard InChI is InChI=1S/C24H34O2/c1-4-18-13-15(2)24(26-18)12-10-22-21-7-5-16-14-17(25)6-8-19(16)20(21)9-11-23(22,24)3/h14,18-22H,2,4-13H2,1,3H3/t18-,19-,20+,21+,22-,23-,24+/m0/s1. The number of carbonyl (C=O) groups is 1. The first-order valence-electron chi connectivity index (χ1n) is 11.1. The summed E-state index contributed by atoms with van der Waals surface area (Å²) in [5.74, 6) is 3.50. The Kier molecular flexibility index (Phi) is 3.84.